The molecule has 0 atom stereocenters. The van der Waals surface area contributed by atoms with Crippen LogP contribution < -0.4 is 5.32 Å². The van der Waals surface area contributed by atoms with Gasteiger partial charge >= 0.3 is 5.97 Å². The van der Waals surface area contributed by atoms with Crippen LogP contribution in [0.2, 0.25) is 0 Å². The van der Waals surface area contributed by atoms with E-state index in [2.05, 4.69) is 5.32 Å². The normalized spacial score (nSPS) is 22.3. The summed E-state index contributed by atoms with van der Waals surface area (Å²) in [7, 11) is -2.84. The minimum Gasteiger partial charge on any atom is -0.478 e. The summed E-state index contributed by atoms with van der Waals surface area (Å²) in [4.78, 5) is 10.1. The maximum absolute atomic E-state index is 11.0. The van der Waals surface area contributed by atoms with Crippen LogP contribution in [0.5, 0.6) is 0 Å². The molecule has 1 fully saturated rings. The average Bonchev–Trinajstić information content (AvgIpc) is 2.07. The van der Waals surface area contributed by atoms with E-state index >= 15 is 0 Å². The second kappa shape index (κ2) is 4.45. The summed E-state index contributed by atoms with van der Waals surface area (Å²) in [6.07, 6.45) is 3.45. The Balaban J connectivity index is 2.33. The van der Waals surface area contributed by atoms with Gasteiger partial charge in [-0.1, -0.05) is 0 Å². The Labute approximate surface area is 82.7 Å². The van der Waals surface area contributed by atoms with Crippen LogP contribution in [-0.2, 0) is 14.6 Å². The molecule has 0 aliphatic carbocycles. The summed E-state index contributed by atoms with van der Waals surface area (Å²) in [5.74, 6) is -0.641. The van der Waals surface area contributed by atoms with E-state index in [1.807, 2.05) is 0 Å². The van der Waals surface area contributed by atoms with Crippen molar-refractivity contribution >= 4 is 15.8 Å². The predicted molar refractivity (Wildman–Crippen MR) is 51.6 cm³/mol. The zero-order valence-corrected chi connectivity index (χ0v) is 8.46. The first-order chi connectivity index (χ1) is 6.49. The van der Waals surface area contributed by atoms with Gasteiger partial charge in [-0.15, -0.1) is 0 Å². The van der Waals surface area contributed by atoms with Gasteiger partial charge in [-0.3, -0.25) is 0 Å². The molecule has 0 aromatic carbocycles. The van der Waals surface area contributed by atoms with Gasteiger partial charge in [-0.25, -0.2) is 13.2 Å². The topological polar surface area (TPSA) is 83.5 Å². The van der Waals surface area contributed by atoms with Gasteiger partial charge in [0, 0.05) is 18.3 Å². The molecule has 0 unspecified atom stereocenters. The van der Waals surface area contributed by atoms with E-state index in [9.17, 15) is 13.2 Å². The Morgan fingerprint density at radius 3 is 2.43 bits per heavy atom. The van der Waals surface area contributed by atoms with Crippen molar-refractivity contribution in [2.75, 3.05) is 11.5 Å². The molecule has 0 aromatic heterocycles. The standard InChI is InChI=1S/C8H13NO4S/c10-8(11)1-4-9-7-2-5-14(12,13)6-3-7/h1,4,7,9H,2-3,5-6H2,(H,10,11). The first-order valence-corrected chi connectivity index (χ1v) is 6.18. The lowest BCUT2D eigenvalue weighted by molar-refractivity contribution is -0.131. The van der Waals surface area contributed by atoms with Gasteiger partial charge in [0.25, 0.3) is 0 Å². The zero-order valence-electron chi connectivity index (χ0n) is 7.64. The van der Waals surface area contributed by atoms with Crippen LogP contribution in [0.25, 0.3) is 0 Å². The van der Waals surface area contributed by atoms with Crippen LogP contribution in [0, 0.1) is 0 Å². The number of aliphatic carboxylic acids is 1. The Kier molecular flexibility index (Phi) is 3.51. The molecule has 14 heavy (non-hydrogen) atoms. The van der Waals surface area contributed by atoms with Gasteiger partial charge in [0.2, 0.25) is 0 Å². The van der Waals surface area contributed by atoms with Gasteiger partial charge in [-0.05, 0) is 12.8 Å². The van der Waals surface area contributed by atoms with Crippen LogP contribution in [0.4, 0.5) is 0 Å². The van der Waals surface area contributed by atoms with Crippen molar-refractivity contribution < 1.29 is 18.3 Å². The fourth-order valence-electron chi connectivity index (χ4n) is 1.31. The number of carbonyl (C=O) groups is 1. The summed E-state index contributed by atoms with van der Waals surface area (Å²) >= 11 is 0. The molecule has 0 amide bonds. The molecule has 1 aliphatic rings. The summed E-state index contributed by atoms with van der Waals surface area (Å²) in [6, 6.07) is 0.0779. The smallest absolute Gasteiger partial charge is 0.329 e. The van der Waals surface area contributed by atoms with Gasteiger partial charge < -0.3 is 10.4 Å². The molecular weight excluding hydrogens is 206 g/mol. The van der Waals surface area contributed by atoms with E-state index in [-0.39, 0.29) is 17.5 Å². The number of hydrogen-bond donors (Lipinski definition) is 2. The highest BCUT2D eigenvalue weighted by Crippen LogP contribution is 2.11. The summed E-state index contributed by atoms with van der Waals surface area (Å²) < 4.78 is 22.1. The molecule has 0 aromatic rings. The number of carboxylic acid groups (broad SMARTS) is 1. The predicted octanol–water partition coefficient (Wildman–Crippen LogP) is -0.249. The van der Waals surface area contributed by atoms with E-state index < -0.39 is 15.8 Å². The Morgan fingerprint density at radius 2 is 1.93 bits per heavy atom. The second-order valence-electron chi connectivity index (χ2n) is 3.26. The first kappa shape index (κ1) is 11.0. The number of sulfone groups is 1. The lowest BCUT2D eigenvalue weighted by Gasteiger charge is -2.21. The van der Waals surface area contributed by atoms with Gasteiger partial charge in [0.05, 0.1) is 11.5 Å². The molecule has 1 aliphatic heterocycles. The molecule has 6 heteroatoms. The molecule has 80 valence electrons. The highest BCUT2D eigenvalue weighted by atomic mass is 32.2. The molecule has 1 saturated heterocycles. The van der Waals surface area contributed by atoms with Crippen molar-refractivity contribution in [3.05, 3.63) is 12.3 Å². The van der Waals surface area contributed by atoms with Crippen molar-refractivity contribution in [1.82, 2.24) is 5.32 Å². The molecule has 1 rings (SSSR count). The molecule has 0 spiro atoms. The summed E-state index contributed by atoms with van der Waals surface area (Å²) in [6.45, 7) is 0. The quantitative estimate of drug-likeness (QED) is 0.640. The number of carboxylic acids is 1. The van der Waals surface area contributed by atoms with E-state index in [1.54, 1.807) is 0 Å². The minimum atomic E-state index is -2.84. The summed E-state index contributed by atoms with van der Waals surface area (Å²) in [5, 5.41) is 11.2. The molecule has 0 saturated carbocycles. The molecule has 2 N–H and O–H groups in total. The Bertz CT molecular complexity index is 319. The maximum atomic E-state index is 11.0. The van der Waals surface area contributed by atoms with Crippen molar-refractivity contribution in [3.8, 4) is 0 Å². The third kappa shape index (κ3) is 3.78. The lowest BCUT2D eigenvalue weighted by atomic mass is 10.2. The molecule has 1 heterocycles. The SMILES string of the molecule is O=C(O)C=CNC1CCS(=O)(=O)CC1. The fourth-order valence-corrected chi connectivity index (χ4v) is 2.80. The van der Waals surface area contributed by atoms with E-state index in [1.165, 1.54) is 6.20 Å². The lowest BCUT2D eigenvalue weighted by Crippen LogP contribution is -2.34. The Hall–Kier alpha value is -1.04. The fraction of sp³-hybridized carbons (Fsp3) is 0.625. The van der Waals surface area contributed by atoms with Gasteiger partial charge in [0.15, 0.2) is 0 Å². The molecule has 0 radical (unpaired) electrons. The van der Waals surface area contributed by atoms with Crippen LogP contribution in [0.15, 0.2) is 12.3 Å². The van der Waals surface area contributed by atoms with E-state index in [4.69, 9.17) is 5.11 Å². The van der Waals surface area contributed by atoms with Gasteiger partial charge in [0.1, 0.15) is 9.84 Å². The Morgan fingerprint density at radius 1 is 1.36 bits per heavy atom. The van der Waals surface area contributed by atoms with E-state index in [0.29, 0.717) is 12.8 Å². The van der Waals surface area contributed by atoms with Crippen LogP contribution in [-0.4, -0.2) is 37.0 Å². The van der Waals surface area contributed by atoms with Crippen LogP contribution >= 0.6 is 0 Å². The summed E-state index contributed by atoms with van der Waals surface area (Å²) in [5.41, 5.74) is 0. The van der Waals surface area contributed by atoms with Crippen LogP contribution in [0.3, 0.4) is 0 Å². The maximum Gasteiger partial charge on any atom is 0.329 e. The van der Waals surface area contributed by atoms with Crippen molar-refractivity contribution in [2.45, 2.75) is 18.9 Å². The minimum absolute atomic E-state index is 0.0779. The number of rotatable bonds is 3. The van der Waals surface area contributed by atoms with Crippen molar-refractivity contribution in [3.63, 3.8) is 0 Å². The molecule has 0 bridgehead atoms. The molecule has 5 nitrogen and oxygen atoms in total. The zero-order chi connectivity index (χ0) is 10.6. The highest BCUT2D eigenvalue weighted by molar-refractivity contribution is 7.91. The van der Waals surface area contributed by atoms with Gasteiger partial charge in [-0.2, -0.15) is 0 Å². The largest absolute Gasteiger partial charge is 0.478 e. The molecular formula is C8H13NO4S. The first-order valence-electron chi connectivity index (χ1n) is 4.35. The number of nitrogens with one attached hydrogen (secondary N) is 1. The monoisotopic (exact) mass is 219 g/mol. The number of hydrogen-bond acceptors (Lipinski definition) is 4. The van der Waals surface area contributed by atoms with Crippen LogP contribution in [0.1, 0.15) is 12.8 Å². The third-order valence-electron chi connectivity index (χ3n) is 2.11. The highest BCUT2D eigenvalue weighted by Gasteiger charge is 2.22. The average molecular weight is 219 g/mol. The van der Waals surface area contributed by atoms with Crippen molar-refractivity contribution in [2.24, 2.45) is 0 Å². The van der Waals surface area contributed by atoms with E-state index in [0.717, 1.165) is 6.08 Å². The second-order valence-corrected chi connectivity index (χ2v) is 5.57. The van der Waals surface area contributed by atoms with Crippen molar-refractivity contribution in [1.29, 1.82) is 0 Å². The third-order valence-corrected chi connectivity index (χ3v) is 3.83.